The first-order valence-electron chi connectivity index (χ1n) is 7.78. The Hall–Kier alpha value is -2.30. The van der Waals surface area contributed by atoms with E-state index < -0.39 is 23.6 Å². The molecule has 2 aromatic rings. The SMILES string of the molecule is O=C(CN1C(=O)S/C(=C\c2cc(Br)c(O)c(Br)c2O)C1=O)Nc1ccccc1. The van der Waals surface area contributed by atoms with Crippen molar-refractivity contribution in [3.63, 3.8) is 0 Å². The van der Waals surface area contributed by atoms with Crippen LogP contribution in [0.3, 0.4) is 0 Å². The predicted molar refractivity (Wildman–Crippen MR) is 113 cm³/mol. The Kier molecular flexibility index (Phi) is 6.11. The second-order valence-corrected chi connectivity index (χ2v) is 8.28. The molecule has 1 heterocycles. The molecule has 0 saturated carbocycles. The Balaban J connectivity index is 1.78. The minimum absolute atomic E-state index is 0.0505. The third kappa shape index (κ3) is 4.23. The molecule has 3 rings (SSSR count). The number of carbonyl (C=O) groups excluding carboxylic acids is 3. The number of thioether (sulfide) groups is 1. The lowest BCUT2D eigenvalue weighted by Crippen LogP contribution is -2.36. The van der Waals surface area contributed by atoms with E-state index >= 15 is 0 Å². The smallest absolute Gasteiger partial charge is 0.294 e. The largest absolute Gasteiger partial charge is 0.506 e. The standard InChI is InChI=1S/C18H12Br2N2O5S/c19-11-6-9(15(24)14(20)16(11)25)7-12-17(26)22(18(27)28-12)8-13(23)21-10-4-2-1-3-5-10/h1-7,24-25H,8H2,(H,21,23)/b12-7-. The van der Waals surface area contributed by atoms with Gasteiger partial charge in [0.25, 0.3) is 11.1 Å². The van der Waals surface area contributed by atoms with Gasteiger partial charge in [0.15, 0.2) is 0 Å². The van der Waals surface area contributed by atoms with Crippen molar-refractivity contribution < 1.29 is 24.6 Å². The fourth-order valence-electron chi connectivity index (χ4n) is 2.37. The van der Waals surface area contributed by atoms with E-state index in [2.05, 4.69) is 37.2 Å². The molecule has 3 amide bonds. The van der Waals surface area contributed by atoms with Crippen molar-refractivity contribution in [2.45, 2.75) is 0 Å². The van der Waals surface area contributed by atoms with Crippen LogP contribution in [0.4, 0.5) is 10.5 Å². The van der Waals surface area contributed by atoms with Crippen LogP contribution >= 0.6 is 43.6 Å². The molecule has 3 N–H and O–H groups in total. The molecule has 7 nitrogen and oxygen atoms in total. The lowest BCUT2D eigenvalue weighted by molar-refractivity contribution is -0.127. The molecule has 0 spiro atoms. The summed E-state index contributed by atoms with van der Waals surface area (Å²) in [6.07, 6.45) is 1.32. The minimum Gasteiger partial charge on any atom is -0.506 e. The number of halogens is 2. The highest BCUT2D eigenvalue weighted by molar-refractivity contribution is 9.11. The molecule has 10 heteroatoms. The molecule has 144 valence electrons. The Bertz CT molecular complexity index is 1010. The van der Waals surface area contributed by atoms with Crippen LogP contribution < -0.4 is 5.32 Å². The van der Waals surface area contributed by atoms with Crippen LogP contribution in [-0.4, -0.2) is 38.7 Å². The van der Waals surface area contributed by atoms with Crippen LogP contribution in [0.5, 0.6) is 11.5 Å². The highest BCUT2D eigenvalue weighted by Crippen LogP contribution is 2.43. The third-order valence-corrected chi connectivity index (χ3v) is 5.98. The summed E-state index contributed by atoms with van der Waals surface area (Å²) < 4.78 is 0.347. The first kappa shape index (κ1) is 20.4. The number of amides is 3. The molecule has 28 heavy (non-hydrogen) atoms. The van der Waals surface area contributed by atoms with Gasteiger partial charge < -0.3 is 15.5 Å². The molecule has 1 saturated heterocycles. The lowest BCUT2D eigenvalue weighted by atomic mass is 10.1. The molecule has 1 aliphatic heterocycles. The van der Waals surface area contributed by atoms with Crippen molar-refractivity contribution in [1.29, 1.82) is 0 Å². The number of phenolic OH excluding ortho intramolecular Hbond substituents is 2. The van der Waals surface area contributed by atoms with Crippen LogP contribution in [0, 0.1) is 0 Å². The zero-order valence-electron chi connectivity index (χ0n) is 14.0. The maximum absolute atomic E-state index is 12.5. The van der Waals surface area contributed by atoms with E-state index in [-0.39, 0.29) is 26.4 Å². The molecule has 0 unspecified atom stereocenters. The molecular formula is C18H12Br2N2O5S. The summed E-state index contributed by atoms with van der Waals surface area (Å²) in [6.45, 7) is -0.425. The summed E-state index contributed by atoms with van der Waals surface area (Å²) in [6, 6.07) is 10.1. The fourth-order valence-corrected chi connectivity index (χ4v) is 4.35. The van der Waals surface area contributed by atoms with Gasteiger partial charge in [0.2, 0.25) is 5.91 Å². The Morgan fingerprint density at radius 3 is 2.50 bits per heavy atom. The third-order valence-electron chi connectivity index (χ3n) is 3.72. The highest BCUT2D eigenvalue weighted by Gasteiger charge is 2.36. The summed E-state index contributed by atoms with van der Waals surface area (Å²) in [7, 11) is 0. The zero-order valence-corrected chi connectivity index (χ0v) is 18.0. The number of anilines is 1. The monoisotopic (exact) mass is 526 g/mol. The number of carbonyl (C=O) groups is 3. The van der Waals surface area contributed by atoms with E-state index in [0.29, 0.717) is 21.9 Å². The van der Waals surface area contributed by atoms with Gasteiger partial charge in [-0.1, -0.05) is 18.2 Å². The van der Waals surface area contributed by atoms with Gasteiger partial charge in [-0.2, -0.15) is 0 Å². The van der Waals surface area contributed by atoms with E-state index in [1.807, 2.05) is 0 Å². The van der Waals surface area contributed by atoms with Crippen LogP contribution in [0.2, 0.25) is 0 Å². The van der Waals surface area contributed by atoms with Gasteiger partial charge in [-0.25, -0.2) is 0 Å². The van der Waals surface area contributed by atoms with E-state index in [9.17, 15) is 24.6 Å². The molecule has 2 aromatic carbocycles. The number of hydrogen-bond donors (Lipinski definition) is 3. The lowest BCUT2D eigenvalue weighted by Gasteiger charge is -2.12. The van der Waals surface area contributed by atoms with Crippen LogP contribution in [0.15, 0.2) is 50.2 Å². The molecule has 1 aliphatic rings. The van der Waals surface area contributed by atoms with Crippen LogP contribution in [0.1, 0.15) is 5.56 Å². The van der Waals surface area contributed by atoms with Crippen molar-refractivity contribution in [2.24, 2.45) is 0 Å². The number of nitrogens with one attached hydrogen (secondary N) is 1. The number of aromatic hydroxyl groups is 2. The minimum atomic E-state index is -0.641. The number of imide groups is 1. The number of nitrogens with zero attached hydrogens (tertiary/aromatic N) is 1. The van der Waals surface area contributed by atoms with Crippen LogP contribution in [-0.2, 0) is 9.59 Å². The van der Waals surface area contributed by atoms with Crippen molar-refractivity contribution in [3.8, 4) is 11.5 Å². The number of benzene rings is 2. The maximum atomic E-state index is 12.5. The Morgan fingerprint density at radius 1 is 1.14 bits per heavy atom. The summed E-state index contributed by atoms with van der Waals surface area (Å²) in [5.74, 6) is -1.62. The van der Waals surface area contributed by atoms with Gasteiger partial charge in [-0.3, -0.25) is 19.3 Å². The highest BCUT2D eigenvalue weighted by atomic mass is 79.9. The molecule has 1 fully saturated rings. The number of hydrogen-bond acceptors (Lipinski definition) is 6. The van der Waals surface area contributed by atoms with Crippen molar-refractivity contribution in [1.82, 2.24) is 4.90 Å². The van der Waals surface area contributed by atoms with E-state index in [1.165, 1.54) is 12.1 Å². The normalized spacial score (nSPS) is 15.4. The second-order valence-electron chi connectivity index (χ2n) is 5.64. The van der Waals surface area contributed by atoms with Gasteiger partial charge in [-0.15, -0.1) is 0 Å². The summed E-state index contributed by atoms with van der Waals surface area (Å²) in [5.41, 5.74) is 0.773. The molecule has 0 atom stereocenters. The Labute approximate surface area is 180 Å². The van der Waals surface area contributed by atoms with Crippen molar-refractivity contribution in [2.75, 3.05) is 11.9 Å². The van der Waals surface area contributed by atoms with Gasteiger partial charge in [0.1, 0.15) is 22.5 Å². The van der Waals surface area contributed by atoms with E-state index in [1.54, 1.807) is 30.3 Å². The summed E-state index contributed by atoms with van der Waals surface area (Å²) in [5, 5.41) is 21.9. The van der Waals surface area contributed by atoms with Crippen molar-refractivity contribution in [3.05, 3.63) is 55.8 Å². The van der Waals surface area contributed by atoms with Crippen LogP contribution in [0.25, 0.3) is 6.08 Å². The van der Waals surface area contributed by atoms with E-state index in [0.717, 1.165) is 4.90 Å². The van der Waals surface area contributed by atoms with Crippen molar-refractivity contribution >= 4 is 72.4 Å². The zero-order chi connectivity index (χ0) is 20.4. The topological polar surface area (TPSA) is 107 Å². The average Bonchev–Trinajstić information content (AvgIpc) is 2.92. The van der Waals surface area contributed by atoms with Gasteiger partial charge >= 0.3 is 0 Å². The number of phenols is 2. The second kappa shape index (κ2) is 8.38. The average molecular weight is 528 g/mol. The summed E-state index contributed by atoms with van der Waals surface area (Å²) in [4.78, 5) is 37.7. The molecular weight excluding hydrogens is 516 g/mol. The summed E-state index contributed by atoms with van der Waals surface area (Å²) >= 11 is 6.86. The van der Waals surface area contributed by atoms with Gasteiger partial charge in [0.05, 0.1) is 9.38 Å². The van der Waals surface area contributed by atoms with Gasteiger partial charge in [0, 0.05) is 11.3 Å². The molecule has 0 bridgehead atoms. The quantitative estimate of drug-likeness (QED) is 0.512. The van der Waals surface area contributed by atoms with Gasteiger partial charge in [-0.05, 0) is 67.9 Å². The van der Waals surface area contributed by atoms with E-state index in [4.69, 9.17) is 0 Å². The first-order valence-corrected chi connectivity index (χ1v) is 10.2. The number of rotatable bonds is 4. The molecule has 0 radical (unpaired) electrons. The fraction of sp³-hybridized carbons (Fsp3) is 0.0556. The Morgan fingerprint density at radius 2 is 1.82 bits per heavy atom. The molecule has 0 aliphatic carbocycles. The number of para-hydroxylation sites is 1. The molecule has 0 aromatic heterocycles. The first-order chi connectivity index (χ1) is 13.3. The predicted octanol–water partition coefficient (Wildman–Crippen LogP) is 4.30. The maximum Gasteiger partial charge on any atom is 0.294 e.